The number of amides is 1. The largest absolute Gasteiger partial charge is 0.495 e. The number of ether oxygens (including phenoxy) is 2. The molecule has 0 aliphatic heterocycles. The first-order valence-corrected chi connectivity index (χ1v) is 9.63. The molecule has 3 aromatic carbocycles. The summed E-state index contributed by atoms with van der Waals surface area (Å²) in [7, 11) is 1.60. The Morgan fingerprint density at radius 3 is 2.24 bits per heavy atom. The first kappa shape index (κ1) is 20.5. The SMILES string of the molecule is COc1ccc(C(C)(C)C)cc1NC(=O)c1ccc(COc2ccccc2)cc1. The Labute approximate surface area is 172 Å². The van der Waals surface area contributed by atoms with Crippen molar-refractivity contribution in [3.8, 4) is 11.5 Å². The normalized spacial score (nSPS) is 11.0. The minimum Gasteiger partial charge on any atom is -0.495 e. The van der Waals surface area contributed by atoms with Crippen molar-refractivity contribution in [1.82, 2.24) is 0 Å². The summed E-state index contributed by atoms with van der Waals surface area (Å²) < 4.78 is 11.2. The first-order chi connectivity index (χ1) is 13.9. The Kier molecular flexibility index (Phi) is 6.23. The van der Waals surface area contributed by atoms with Gasteiger partial charge in [0, 0.05) is 5.56 Å². The molecule has 0 spiro atoms. The Morgan fingerprint density at radius 1 is 0.931 bits per heavy atom. The van der Waals surface area contributed by atoms with E-state index in [9.17, 15) is 4.79 Å². The highest BCUT2D eigenvalue weighted by Gasteiger charge is 2.17. The number of para-hydroxylation sites is 1. The molecule has 0 radical (unpaired) electrons. The Bertz CT molecular complexity index is 958. The second-order valence-electron chi connectivity index (χ2n) is 7.92. The molecule has 29 heavy (non-hydrogen) atoms. The quantitative estimate of drug-likeness (QED) is 0.577. The van der Waals surface area contributed by atoms with E-state index in [1.807, 2.05) is 60.7 Å². The monoisotopic (exact) mass is 389 g/mol. The fourth-order valence-corrected chi connectivity index (χ4v) is 2.90. The third kappa shape index (κ3) is 5.38. The van der Waals surface area contributed by atoms with Crippen LogP contribution in [-0.4, -0.2) is 13.0 Å². The summed E-state index contributed by atoms with van der Waals surface area (Å²) in [6, 6.07) is 23.0. The van der Waals surface area contributed by atoms with Crippen LogP contribution in [0, 0.1) is 0 Å². The van der Waals surface area contributed by atoms with Crippen molar-refractivity contribution in [3.63, 3.8) is 0 Å². The van der Waals surface area contributed by atoms with Gasteiger partial charge in [-0.2, -0.15) is 0 Å². The molecule has 0 aromatic heterocycles. The van der Waals surface area contributed by atoms with Gasteiger partial charge in [-0.1, -0.05) is 57.2 Å². The van der Waals surface area contributed by atoms with Crippen molar-refractivity contribution >= 4 is 11.6 Å². The third-order valence-corrected chi connectivity index (χ3v) is 4.68. The summed E-state index contributed by atoms with van der Waals surface area (Å²) in [6.07, 6.45) is 0. The van der Waals surface area contributed by atoms with Crippen molar-refractivity contribution in [1.29, 1.82) is 0 Å². The van der Waals surface area contributed by atoms with E-state index in [-0.39, 0.29) is 11.3 Å². The number of methoxy groups -OCH3 is 1. The second kappa shape index (κ2) is 8.82. The van der Waals surface area contributed by atoms with Gasteiger partial charge in [-0.3, -0.25) is 4.79 Å². The van der Waals surface area contributed by atoms with Crippen LogP contribution in [0.2, 0.25) is 0 Å². The maximum absolute atomic E-state index is 12.7. The van der Waals surface area contributed by atoms with E-state index in [0.717, 1.165) is 16.9 Å². The Morgan fingerprint density at radius 2 is 1.62 bits per heavy atom. The first-order valence-electron chi connectivity index (χ1n) is 9.63. The van der Waals surface area contributed by atoms with Crippen LogP contribution in [0.5, 0.6) is 11.5 Å². The lowest BCUT2D eigenvalue weighted by Gasteiger charge is -2.21. The van der Waals surface area contributed by atoms with Gasteiger partial charge in [-0.05, 0) is 52.9 Å². The molecular weight excluding hydrogens is 362 g/mol. The van der Waals surface area contributed by atoms with Gasteiger partial charge >= 0.3 is 0 Å². The number of rotatable bonds is 6. The Hall–Kier alpha value is -3.27. The van der Waals surface area contributed by atoms with E-state index in [1.165, 1.54) is 0 Å². The van der Waals surface area contributed by atoms with Crippen LogP contribution in [0.3, 0.4) is 0 Å². The highest BCUT2D eigenvalue weighted by molar-refractivity contribution is 6.05. The summed E-state index contributed by atoms with van der Waals surface area (Å²) in [5.74, 6) is 1.28. The van der Waals surface area contributed by atoms with Gasteiger partial charge in [-0.25, -0.2) is 0 Å². The van der Waals surface area contributed by atoms with Crippen molar-refractivity contribution < 1.29 is 14.3 Å². The molecule has 1 amide bonds. The van der Waals surface area contributed by atoms with Crippen LogP contribution >= 0.6 is 0 Å². The summed E-state index contributed by atoms with van der Waals surface area (Å²) in [6.45, 7) is 6.86. The maximum Gasteiger partial charge on any atom is 0.255 e. The summed E-state index contributed by atoms with van der Waals surface area (Å²) in [5, 5.41) is 2.97. The molecule has 4 heteroatoms. The molecule has 3 aromatic rings. The van der Waals surface area contributed by atoms with Gasteiger partial charge in [0.05, 0.1) is 12.8 Å². The molecule has 0 atom stereocenters. The molecule has 0 aliphatic rings. The van der Waals surface area contributed by atoms with Gasteiger partial charge in [-0.15, -0.1) is 0 Å². The van der Waals surface area contributed by atoms with Crippen LogP contribution in [-0.2, 0) is 12.0 Å². The molecule has 0 saturated heterocycles. The molecule has 0 aliphatic carbocycles. The molecule has 4 nitrogen and oxygen atoms in total. The van der Waals surface area contributed by atoms with Crippen molar-refractivity contribution in [3.05, 3.63) is 89.5 Å². The van der Waals surface area contributed by atoms with E-state index >= 15 is 0 Å². The van der Waals surface area contributed by atoms with Crippen molar-refractivity contribution in [2.75, 3.05) is 12.4 Å². The van der Waals surface area contributed by atoms with Gasteiger partial charge in [0.15, 0.2) is 0 Å². The van der Waals surface area contributed by atoms with Crippen molar-refractivity contribution in [2.24, 2.45) is 0 Å². The van der Waals surface area contributed by atoms with Crippen LogP contribution in [0.1, 0.15) is 42.3 Å². The molecule has 1 N–H and O–H groups in total. The number of benzene rings is 3. The Balaban J connectivity index is 1.69. The standard InChI is InChI=1S/C25H27NO3/c1-25(2,3)20-14-15-23(28-4)22(16-20)26-24(27)19-12-10-18(11-13-19)17-29-21-8-6-5-7-9-21/h5-16H,17H2,1-4H3,(H,26,27). The van der Waals surface area contributed by atoms with Crippen LogP contribution in [0.25, 0.3) is 0 Å². The van der Waals surface area contributed by atoms with E-state index in [4.69, 9.17) is 9.47 Å². The van der Waals surface area contributed by atoms with Gasteiger partial charge < -0.3 is 14.8 Å². The fourth-order valence-electron chi connectivity index (χ4n) is 2.90. The zero-order valence-electron chi connectivity index (χ0n) is 17.4. The minimum absolute atomic E-state index is 0.0217. The van der Waals surface area contributed by atoms with Gasteiger partial charge in [0.1, 0.15) is 18.1 Å². The lowest BCUT2D eigenvalue weighted by atomic mass is 9.87. The fraction of sp³-hybridized carbons (Fsp3) is 0.240. The van der Waals surface area contributed by atoms with E-state index in [2.05, 4.69) is 26.1 Å². The average Bonchev–Trinajstić information content (AvgIpc) is 2.72. The van der Waals surface area contributed by atoms with Crippen LogP contribution in [0.4, 0.5) is 5.69 Å². The van der Waals surface area contributed by atoms with Crippen LogP contribution < -0.4 is 14.8 Å². The highest BCUT2D eigenvalue weighted by Crippen LogP contribution is 2.31. The number of carbonyl (C=O) groups is 1. The number of carbonyl (C=O) groups excluding carboxylic acids is 1. The smallest absolute Gasteiger partial charge is 0.255 e. The third-order valence-electron chi connectivity index (χ3n) is 4.68. The van der Waals surface area contributed by atoms with Gasteiger partial charge in [0.25, 0.3) is 5.91 Å². The van der Waals surface area contributed by atoms with Crippen LogP contribution in [0.15, 0.2) is 72.8 Å². The number of anilines is 1. The molecule has 3 rings (SSSR count). The highest BCUT2D eigenvalue weighted by atomic mass is 16.5. The zero-order valence-corrected chi connectivity index (χ0v) is 17.4. The lowest BCUT2D eigenvalue weighted by Crippen LogP contribution is -2.15. The molecular formula is C25H27NO3. The topological polar surface area (TPSA) is 47.6 Å². The maximum atomic E-state index is 12.7. The average molecular weight is 389 g/mol. The van der Waals surface area contributed by atoms with Crippen molar-refractivity contribution in [2.45, 2.75) is 32.8 Å². The second-order valence-corrected chi connectivity index (χ2v) is 7.92. The predicted octanol–water partition coefficient (Wildman–Crippen LogP) is 5.82. The summed E-state index contributed by atoms with van der Waals surface area (Å²) in [4.78, 5) is 12.7. The zero-order chi connectivity index (χ0) is 20.9. The number of hydrogen-bond acceptors (Lipinski definition) is 3. The molecule has 0 bridgehead atoms. The van der Waals surface area contributed by atoms with E-state index in [0.29, 0.717) is 23.6 Å². The van der Waals surface area contributed by atoms with E-state index in [1.54, 1.807) is 19.2 Å². The molecule has 0 saturated carbocycles. The van der Waals surface area contributed by atoms with E-state index < -0.39 is 0 Å². The molecule has 150 valence electrons. The summed E-state index contributed by atoms with van der Waals surface area (Å²) >= 11 is 0. The molecule has 0 heterocycles. The molecule has 0 unspecified atom stereocenters. The summed E-state index contributed by atoms with van der Waals surface area (Å²) in [5.41, 5.74) is 3.35. The number of hydrogen-bond donors (Lipinski definition) is 1. The molecule has 0 fully saturated rings. The van der Waals surface area contributed by atoms with Gasteiger partial charge in [0.2, 0.25) is 0 Å². The predicted molar refractivity (Wildman–Crippen MR) is 117 cm³/mol. The lowest BCUT2D eigenvalue weighted by molar-refractivity contribution is 0.102. The minimum atomic E-state index is -0.176. The number of nitrogens with one attached hydrogen (secondary N) is 1.